The van der Waals surface area contributed by atoms with Crippen molar-refractivity contribution in [1.29, 1.82) is 0 Å². The van der Waals surface area contributed by atoms with Crippen LogP contribution in [0.1, 0.15) is 77.0 Å². The molecule has 0 N–H and O–H groups in total. The third kappa shape index (κ3) is 10.4. The summed E-state index contributed by atoms with van der Waals surface area (Å²) < 4.78 is 11.7. The highest BCUT2D eigenvalue weighted by Gasteiger charge is 2.12. The molecule has 0 radical (unpaired) electrons. The molecule has 0 aromatic heterocycles. The maximum absolute atomic E-state index is 11.6. The van der Waals surface area contributed by atoms with E-state index < -0.39 is 0 Å². The second-order valence-electron chi connectivity index (χ2n) is 5.92. The lowest BCUT2D eigenvalue weighted by Gasteiger charge is -2.19. The van der Waals surface area contributed by atoms with Crippen LogP contribution >= 0.6 is 24.0 Å². The standard InChI is InChI=1S/C17H30O3S2/c1-22-17(21)20-15-11-8-6-4-2-3-5-7-9-13-16(18)19-14-10-12-15/h15H,2-14H2,1H3. The highest BCUT2D eigenvalue weighted by molar-refractivity contribution is 8.22. The van der Waals surface area contributed by atoms with Gasteiger partial charge in [-0.25, -0.2) is 0 Å². The summed E-state index contributed by atoms with van der Waals surface area (Å²) in [6, 6.07) is 0. The van der Waals surface area contributed by atoms with Crippen molar-refractivity contribution in [2.45, 2.75) is 83.2 Å². The number of thioether (sulfide) groups is 1. The van der Waals surface area contributed by atoms with Crippen LogP contribution in [0.2, 0.25) is 0 Å². The average molecular weight is 347 g/mol. The molecule has 128 valence electrons. The molecule has 22 heavy (non-hydrogen) atoms. The van der Waals surface area contributed by atoms with Gasteiger partial charge in [0.05, 0.1) is 6.61 Å². The van der Waals surface area contributed by atoms with Crippen molar-refractivity contribution < 1.29 is 14.3 Å². The van der Waals surface area contributed by atoms with Crippen LogP contribution in [0.3, 0.4) is 0 Å². The highest BCUT2D eigenvalue weighted by atomic mass is 32.2. The minimum Gasteiger partial charge on any atom is -0.475 e. The monoisotopic (exact) mass is 346 g/mol. The first-order valence-electron chi connectivity index (χ1n) is 8.62. The van der Waals surface area contributed by atoms with E-state index in [4.69, 9.17) is 21.7 Å². The van der Waals surface area contributed by atoms with Gasteiger partial charge >= 0.3 is 5.97 Å². The van der Waals surface area contributed by atoms with Crippen LogP contribution in [0.25, 0.3) is 0 Å². The second kappa shape index (κ2) is 13.2. The molecule has 1 saturated heterocycles. The molecule has 0 saturated carbocycles. The maximum Gasteiger partial charge on any atom is 0.305 e. The van der Waals surface area contributed by atoms with E-state index >= 15 is 0 Å². The van der Waals surface area contributed by atoms with Crippen molar-refractivity contribution in [2.24, 2.45) is 0 Å². The predicted octanol–water partition coefficient (Wildman–Crippen LogP) is 5.26. The molecular weight excluding hydrogens is 316 g/mol. The van der Waals surface area contributed by atoms with E-state index in [0.717, 1.165) is 32.1 Å². The van der Waals surface area contributed by atoms with E-state index in [-0.39, 0.29) is 12.1 Å². The molecule has 5 heteroatoms. The Morgan fingerprint density at radius 3 is 2.32 bits per heavy atom. The van der Waals surface area contributed by atoms with E-state index in [9.17, 15) is 4.79 Å². The van der Waals surface area contributed by atoms with Gasteiger partial charge in [0.2, 0.25) is 4.38 Å². The molecule has 0 spiro atoms. The van der Waals surface area contributed by atoms with Gasteiger partial charge in [0.1, 0.15) is 6.10 Å². The van der Waals surface area contributed by atoms with E-state index in [1.54, 1.807) is 0 Å². The van der Waals surface area contributed by atoms with Gasteiger partial charge in [0, 0.05) is 6.42 Å². The van der Waals surface area contributed by atoms with Crippen LogP contribution in [0.5, 0.6) is 0 Å². The fraction of sp³-hybridized carbons (Fsp3) is 0.882. The van der Waals surface area contributed by atoms with Gasteiger partial charge in [-0.05, 0) is 50.6 Å². The molecule has 1 atom stereocenters. The Bertz CT molecular complexity index is 321. The summed E-state index contributed by atoms with van der Waals surface area (Å²) in [5.41, 5.74) is 0. The quantitative estimate of drug-likeness (QED) is 0.478. The number of cyclic esters (lactones) is 1. The van der Waals surface area contributed by atoms with Crippen molar-refractivity contribution in [3.05, 3.63) is 0 Å². The molecule has 1 rings (SSSR count). The Hall–Kier alpha value is -0.290. The smallest absolute Gasteiger partial charge is 0.305 e. The molecule has 1 aliphatic heterocycles. The lowest BCUT2D eigenvalue weighted by Crippen LogP contribution is -2.17. The number of esters is 1. The molecular formula is C17H30O3S2. The lowest BCUT2D eigenvalue weighted by atomic mass is 10.0. The lowest BCUT2D eigenvalue weighted by molar-refractivity contribution is -0.144. The third-order valence-corrected chi connectivity index (χ3v) is 5.05. The Labute approximate surface area is 144 Å². The number of carbonyl (C=O) groups is 1. The zero-order valence-corrected chi connectivity index (χ0v) is 15.4. The summed E-state index contributed by atoms with van der Waals surface area (Å²) in [5, 5.41) is 0. The molecule has 0 amide bonds. The van der Waals surface area contributed by atoms with Crippen LogP contribution in [0.15, 0.2) is 0 Å². The zero-order chi connectivity index (χ0) is 16.0. The first-order valence-corrected chi connectivity index (χ1v) is 10.3. The van der Waals surface area contributed by atoms with Gasteiger partial charge in [0.15, 0.2) is 0 Å². The first kappa shape index (κ1) is 19.8. The molecule has 1 aliphatic rings. The van der Waals surface area contributed by atoms with Crippen molar-refractivity contribution in [2.75, 3.05) is 12.9 Å². The maximum atomic E-state index is 11.6. The molecule has 3 nitrogen and oxygen atoms in total. The predicted molar refractivity (Wildman–Crippen MR) is 97.3 cm³/mol. The van der Waals surface area contributed by atoms with Crippen molar-refractivity contribution in [3.8, 4) is 0 Å². The summed E-state index contributed by atoms with van der Waals surface area (Å²) in [7, 11) is 0. The van der Waals surface area contributed by atoms with E-state index in [1.165, 1.54) is 50.3 Å². The van der Waals surface area contributed by atoms with Crippen molar-refractivity contribution in [1.82, 2.24) is 0 Å². The minimum atomic E-state index is -0.0517. The number of ether oxygens (including phenoxy) is 2. The number of hydrogen-bond donors (Lipinski definition) is 0. The van der Waals surface area contributed by atoms with E-state index in [0.29, 0.717) is 17.4 Å². The molecule has 0 aromatic carbocycles. The molecule has 0 aliphatic carbocycles. The average Bonchev–Trinajstić information content (AvgIpc) is 2.51. The fourth-order valence-corrected chi connectivity index (χ4v) is 3.09. The van der Waals surface area contributed by atoms with Crippen LogP contribution in [0.4, 0.5) is 0 Å². The Morgan fingerprint density at radius 2 is 1.64 bits per heavy atom. The van der Waals surface area contributed by atoms with E-state index in [1.807, 2.05) is 6.26 Å². The number of carbonyl (C=O) groups excluding carboxylic acids is 1. The summed E-state index contributed by atoms with van der Waals surface area (Å²) in [4.78, 5) is 11.6. The topological polar surface area (TPSA) is 35.5 Å². The van der Waals surface area contributed by atoms with Crippen molar-refractivity contribution in [3.63, 3.8) is 0 Å². The summed E-state index contributed by atoms with van der Waals surface area (Å²) >= 11 is 6.65. The van der Waals surface area contributed by atoms with Crippen molar-refractivity contribution >= 4 is 34.3 Å². The van der Waals surface area contributed by atoms with Crippen LogP contribution in [-0.4, -0.2) is 29.3 Å². The van der Waals surface area contributed by atoms with Gasteiger partial charge < -0.3 is 9.47 Å². The van der Waals surface area contributed by atoms with Crippen LogP contribution in [-0.2, 0) is 14.3 Å². The minimum absolute atomic E-state index is 0.0517. The number of thiocarbonyl (C=S) groups is 1. The Morgan fingerprint density at radius 1 is 1.05 bits per heavy atom. The molecule has 1 fully saturated rings. The second-order valence-corrected chi connectivity index (χ2v) is 7.33. The first-order chi connectivity index (χ1) is 10.7. The summed E-state index contributed by atoms with van der Waals surface area (Å²) in [5.74, 6) is -0.0517. The fourth-order valence-electron chi connectivity index (χ4n) is 2.72. The van der Waals surface area contributed by atoms with Gasteiger partial charge in [-0.1, -0.05) is 50.3 Å². The SMILES string of the molecule is CSC(=S)OC1CCCCCCCCCCC(=O)OCCC1. The Balaban J connectivity index is 2.37. The molecule has 1 unspecified atom stereocenters. The normalized spacial score (nSPS) is 23.5. The van der Waals surface area contributed by atoms with Crippen LogP contribution in [0, 0.1) is 0 Å². The summed E-state index contributed by atoms with van der Waals surface area (Å²) in [6.45, 7) is 0.505. The largest absolute Gasteiger partial charge is 0.475 e. The Kier molecular flexibility index (Phi) is 11.8. The van der Waals surface area contributed by atoms with Crippen LogP contribution < -0.4 is 0 Å². The number of rotatable bonds is 1. The molecule has 0 aromatic rings. The highest BCUT2D eigenvalue weighted by Crippen LogP contribution is 2.18. The molecule has 0 bridgehead atoms. The summed E-state index contributed by atoms with van der Waals surface area (Å²) in [6.07, 6.45) is 15.2. The third-order valence-electron chi connectivity index (χ3n) is 4.02. The van der Waals surface area contributed by atoms with Gasteiger partial charge in [-0.3, -0.25) is 4.79 Å². The van der Waals surface area contributed by atoms with Gasteiger partial charge in [-0.15, -0.1) is 0 Å². The molecule has 1 heterocycles. The van der Waals surface area contributed by atoms with Gasteiger partial charge in [0.25, 0.3) is 0 Å². The zero-order valence-electron chi connectivity index (χ0n) is 13.8. The van der Waals surface area contributed by atoms with Gasteiger partial charge in [-0.2, -0.15) is 0 Å². The number of hydrogen-bond acceptors (Lipinski definition) is 5. The van der Waals surface area contributed by atoms with E-state index in [2.05, 4.69) is 0 Å².